The Bertz CT molecular complexity index is 1350. The molecule has 0 spiro atoms. The predicted molar refractivity (Wildman–Crippen MR) is 177 cm³/mol. The van der Waals surface area contributed by atoms with E-state index in [9.17, 15) is 0 Å². The van der Waals surface area contributed by atoms with Crippen molar-refractivity contribution in [3.63, 3.8) is 0 Å². The summed E-state index contributed by atoms with van der Waals surface area (Å²) in [5.41, 5.74) is 11.8. The van der Waals surface area contributed by atoms with Gasteiger partial charge in [-0.1, -0.05) is 182 Å². The first kappa shape index (κ1) is 25.1. The molecular formula is C40H30. The van der Waals surface area contributed by atoms with E-state index in [1.807, 2.05) is 0 Å². The van der Waals surface area contributed by atoms with Gasteiger partial charge in [-0.15, -0.1) is 0 Å². The molecule has 0 fully saturated rings. The van der Waals surface area contributed by atoms with Gasteiger partial charge in [-0.2, -0.15) is 0 Å². The van der Waals surface area contributed by atoms with Gasteiger partial charge in [0.2, 0.25) is 0 Å². The minimum atomic E-state index is 1.18. The highest BCUT2D eigenvalue weighted by Gasteiger charge is 2.02. The molecular weight excluding hydrogens is 480 g/mol. The highest BCUT2D eigenvalue weighted by molar-refractivity contribution is 5.87. The first-order chi connectivity index (χ1) is 19.8. The third-order valence-electron chi connectivity index (χ3n) is 7.19. The highest BCUT2D eigenvalue weighted by Crippen LogP contribution is 2.24. The van der Waals surface area contributed by atoms with Crippen molar-refractivity contribution in [3.05, 3.63) is 177 Å². The van der Waals surface area contributed by atoms with E-state index in [0.717, 1.165) is 0 Å². The fourth-order valence-electron chi connectivity index (χ4n) is 4.97. The van der Waals surface area contributed by atoms with E-state index >= 15 is 0 Å². The molecule has 6 rings (SSSR count). The lowest BCUT2D eigenvalue weighted by Gasteiger charge is -2.06. The van der Waals surface area contributed by atoms with E-state index in [2.05, 4.69) is 182 Å². The van der Waals surface area contributed by atoms with Gasteiger partial charge < -0.3 is 0 Å². The van der Waals surface area contributed by atoms with Gasteiger partial charge >= 0.3 is 0 Å². The van der Waals surface area contributed by atoms with Crippen molar-refractivity contribution in [1.29, 1.82) is 0 Å². The maximum atomic E-state index is 2.21. The van der Waals surface area contributed by atoms with Crippen LogP contribution in [0.5, 0.6) is 0 Å². The van der Waals surface area contributed by atoms with Gasteiger partial charge in [0.1, 0.15) is 0 Å². The summed E-state index contributed by atoms with van der Waals surface area (Å²) in [5.74, 6) is 0. The van der Waals surface area contributed by atoms with Crippen LogP contribution in [0.2, 0.25) is 0 Å². The second kappa shape index (κ2) is 12.1. The van der Waals surface area contributed by atoms with Crippen molar-refractivity contribution in [2.45, 2.75) is 0 Å². The topological polar surface area (TPSA) is 0 Å². The standard InChI is InChI=1S/C40H30/c1-2-12-32-23-24-34-14-5-6-16-36(34)27-28-38-18-9-10-20-40(38)30-29-39-19-8-7-17-37(39)26-25-35-15-4-3-13-33(35)22-21-31(32)11-1/h1-30H/b22-21-,24-23-,26-25-,28-27-,30-29-,31-21?,32-23?,33-22?,34-24?,35-25?,36-27?,37-26?,38-28?,39-29?,40-30?. The monoisotopic (exact) mass is 510 g/mol. The van der Waals surface area contributed by atoms with Gasteiger partial charge in [-0.25, -0.2) is 0 Å². The van der Waals surface area contributed by atoms with Crippen molar-refractivity contribution in [1.82, 2.24) is 0 Å². The maximum absolute atomic E-state index is 2.21. The Morgan fingerprint density at radius 1 is 0.150 bits per heavy atom. The van der Waals surface area contributed by atoms with Crippen LogP contribution >= 0.6 is 0 Å². The number of hydrogen-bond acceptors (Lipinski definition) is 0. The number of rotatable bonds is 0. The molecule has 190 valence electrons. The summed E-state index contributed by atoms with van der Waals surface area (Å²) in [6, 6.07) is 42.7. The Morgan fingerprint density at radius 2 is 0.250 bits per heavy atom. The molecule has 0 radical (unpaired) electrons. The number of benzene rings is 5. The minimum Gasteiger partial charge on any atom is -0.0616 e. The molecule has 0 nitrogen and oxygen atoms in total. The third-order valence-corrected chi connectivity index (χ3v) is 7.19. The van der Waals surface area contributed by atoms with Crippen molar-refractivity contribution in [2.75, 3.05) is 0 Å². The zero-order chi connectivity index (χ0) is 27.0. The van der Waals surface area contributed by atoms with Gasteiger partial charge in [-0.3, -0.25) is 0 Å². The molecule has 1 aliphatic carbocycles. The van der Waals surface area contributed by atoms with Crippen molar-refractivity contribution >= 4 is 60.8 Å². The number of hydrogen-bond donors (Lipinski definition) is 0. The summed E-state index contributed by atoms with van der Waals surface area (Å²) in [6.45, 7) is 0. The molecule has 0 saturated heterocycles. The quantitative estimate of drug-likeness (QED) is 0.191. The van der Waals surface area contributed by atoms with Gasteiger partial charge in [0.25, 0.3) is 0 Å². The summed E-state index contributed by atoms with van der Waals surface area (Å²) >= 11 is 0. The molecule has 0 bridgehead atoms. The Morgan fingerprint density at radius 3 is 0.350 bits per heavy atom. The molecule has 5 aromatic carbocycles. The Hall–Kier alpha value is -5.20. The second-order valence-electron chi connectivity index (χ2n) is 9.81. The van der Waals surface area contributed by atoms with E-state index in [0.29, 0.717) is 0 Å². The lowest BCUT2D eigenvalue weighted by Crippen LogP contribution is -1.85. The Balaban J connectivity index is 1.51. The van der Waals surface area contributed by atoms with Gasteiger partial charge in [0.05, 0.1) is 0 Å². The lowest BCUT2D eigenvalue weighted by atomic mass is 9.99. The molecule has 0 saturated carbocycles. The van der Waals surface area contributed by atoms with Crippen molar-refractivity contribution in [2.24, 2.45) is 0 Å². The zero-order valence-electron chi connectivity index (χ0n) is 22.3. The molecule has 0 aromatic heterocycles. The van der Waals surface area contributed by atoms with Crippen LogP contribution in [-0.2, 0) is 0 Å². The van der Waals surface area contributed by atoms with Crippen LogP contribution in [0.15, 0.2) is 121 Å². The van der Waals surface area contributed by atoms with Crippen molar-refractivity contribution < 1.29 is 0 Å². The second-order valence-corrected chi connectivity index (χ2v) is 9.81. The van der Waals surface area contributed by atoms with Gasteiger partial charge in [0, 0.05) is 0 Å². The van der Waals surface area contributed by atoms with Gasteiger partial charge in [-0.05, 0) is 55.6 Å². The molecule has 0 heteroatoms. The molecule has 0 aliphatic heterocycles. The first-order valence-corrected chi connectivity index (χ1v) is 13.7. The van der Waals surface area contributed by atoms with E-state index in [1.165, 1.54) is 55.6 Å². The summed E-state index contributed by atoms with van der Waals surface area (Å²) in [7, 11) is 0. The summed E-state index contributed by atoms with van der Waals surface area (Å²) < 4.78 is 0. The van der Waals surface area contributed by atoms with Crippen LogP contribution in [0.1, 0.15) is 55.6 Å². The van der Waals surface area contributed by atoms with Crippen LogP contribution < -0.4 is 0 Å². The Kier molecular flexibility index (Phi) is 7.60. The molecule has 0 heterocycles. The molecule has 0 amide bonds. The van der Waals surface area contributed by atoms with E-state index in [1.54, 1.807) is 0 Å². The summed E-state index contributed by atoms with van der Waals surface area (Å²) in [5, 5.41) is 0. The fourth-order valence-corrected chi connectivity index (χ4v) is 4.97. The lowest BCUT2D eigenvalue weighted by molar-refractivity contribution is 1.58. The smallest absolute Gasteiger partial charge is 0.0184 e. The van der Waals surface area contributed by atoms with Crippen LogP contribution in [0.3, 0.4) is 0 Å². The average Bonchev–Trinajstić information content (AvgIpc) is 3.01. The van der Waals surface area contributed by atoms with Gasteiger partial charge in [0.15, 0.2) is 0 Å². The van der Waals surface area contributed by atoms with E-state index in [-0.39, 0.29) is 0 Å². The SMILES string of the molecule is C1=C\c2ccccc2/C=C\c2ccccc2/C=C\c2ccccc2/C=C\c2ccccc2/C=C\c2ccccc2/1. The Labute approximate surface area is 237 Å². The largest absolute Gasteiger partial charge is 0.0616 e. The molecule has 40 heavy (non-hydrogen) atoms. The van der Waals surface area contributed by atoms with E-state index in [4.69, 9.17) is 0 Å². The first-order valence-electron chi connectivity index (χ1n) is 13.7. The summed E-state index contributed by atoms with van der Waals surface area (Å²) in [6.07, 6.45) is 22.1. The predicted octanol–water partition coefficient (Wildman–Crippen LogP) is 10.9. The average molecular weight is 511 g/mol. The number of fused-ring (bicyclic) bond motifs is 5. The fraction of sp³-hybridized carbons (Fsp3) is 0. The maximum Gasteiger partial charge on any atom is -0.0184 e. The van der Waals surface area contributed by atoms with Crippen LogP contribution in [-0.4, -0.2) is 0 Å². The van der Waals surface area contributed by atoms with Crippen LogP contribution in [0.4, 0.5) is 0 Å². The van der Waals surface area contributed by atoms with Crippen LogP contribution in [0.25, 0.3) is 60.8 Å². The van der Waals surface area contributed by atoms with Crippen molar-refractivity contribution in [3.8, 4) is 0 Å². The normalized spacial score (nSPS) is 16.5. The molecule has 0 unspecified atom stereocenters. The third kappa shape index (κ3) is 5.93. The zero-order valence-corrected chi connectivity index (χ0v) is 22.3. The highest BCUT2D eigenvalue weighted by atomic mass is 14.1. The molecule has 1 aliphatic rings. The summed E-state index contributed by atoms with van der Waals surface area (Å²) in [4.78, 5) is 0. The van der Waals surface area contributed by atoms with Crippen LogP contribution in [0, 0.1) is 0 Å². The molecule has 0 N–H and O–H groups in total. The molecule has 5 aromatic rings. The minimum absolute atomic E-state index is 1.18. The molecule has 0 atom stereocenters. The van der Waals surface area contributed by atoms with E-state index < -0.39 is 0 Å².